The van der Waals surface area contributed by atoms with Crippen LogP contribution < -0.4 is 15.3 Å². The van der Waals surface area contributed by atoms with Gasteiger partial charge in [-0.05, 0) is 43.2 Å². The highest BCUT2D eigenvalue weighted by Gasteiger charge is 2.31. The second kappa shape index (κ2) is 9.04. The summed E-state index contributed by atoms with van der Waals surface area (Å²) in [6, 6.07) is 11.9. The van der Waals surface area contributed by atoms with Gasteiger partial charge in [0.15, 0.2) is 6.10 Å². The Morgan fingerprint density at radius 1 is 1.16 bits per heavy atom. The number of fused-ring (bicyclic) bond motifs is 2. The van der Waals surface area contributed by atoms with E-state index >= 15 is 0 Å². The summed E-state index contributed by atoms with van der Waals surface area (Å²) in [4.78, 5) is 38.5. The number of halogens is 1. The van der Waals surface area contributed by atoms with Crippen LogP contribution >= 0.6 is 11.6 Å². The fourth-order valence-electron chi connectivity index (χ4n) is 3.70. The first-order valence-electron chi connectivity index (χ1n) is 10.3. The van der Waals surface area contributed by atoms with Crippen LogP contribution in [0, 0.1) is 0 Å². The SMILES string of the molecule is CCc1cc2oc(=O)cc(COC(=O)CCN3C(=O)C(C)Oc4ccccc43)c2cc1Cl. The molecule has 7 nitrogen and oxygen atoms in total. The summed E-state index contributed by atoms with van der Waals surface area (Å²) in [6.45, 7) is 3.68. The van der Waals surface area contributed by atoms with Gasteiger partial charge in [0, 0.05) is 28.6 Å². The van der Waals surface area contributed by atoms with Crippen molar-refractivity contribution < 1.29 is 23.5 Å². The quantitative estimate of drug-likeness (QED) is 0.408. The Bertz CT molecular complexity index is 1250. The van der Waals surface area contributed by atoms with Gasteiger partial charge in [-0.3, -0.25) is 9.59 Å². The molecule has 1 aliphatic heterocycles. The van der Waals surface area contributed by atoms with E-state index in [9.17, 15) is 14.4 Å². The van der Waals surface area contributed by atoms with Crippen molar-refractivity contribution in [2.45, 2.75) is 39.4 Å². The van der Waals surface area contributed by atoms with Crippen molar-refractivity contribution in [1.29, 1.82) is 0 Å². The van der Waals surface area contributed by atoms with Crippen molar-refractivity contribution in [2.75, 3.05) is 11.4 Å². The van der Waals surface area contributed by atoms with Crippen LogP contribution in [0.1, 0.15) is 31.4 Å². The molecule has 0 saturated heterocycles. The predicted molar refractivity (Wildman–Crippen MR) is 120 cm³/mol. The van der Waals surface area contributed by atoms with Gasteiger partial charge in [0.25, 0.3) is 5.91 Å². The number of anilines is 1. The zero-order valence-electron chi connectivity index (χ0n) is 17.7. The van der Waals surface area contributed by atoms with Gasteiger partial charge in [0.1, 0.15) is 17.9 Å². The average Bonchev–Trinajstić information content (AvgIpc) is 2.77. The fourth-order valence-corrected chi connectivity index (χ4v) is 4.00. The van der Waals surface area contributed by atoms with E-state index in [0.29, 0.717) is 39.4 Å². The summed E-state index contributed by atoms with van der Waals surface area (Å²) in [6.07, 6.45) is 0.0562. The van der Waals surface area contributed by atoms with Gasteiger partial charge in [0.2, 0.25) is 0 Å². The van der Waals surface area contributed by atoms with Gasteiger partial charge in [-0.1, -0.05) is 30.7 Å². The van der Waals surface area contributed by atoms with Crippen LogP contribution in [-0.4, -0.2) is 24.5 Å². The van der Waals surface area contributed by atoms with E-state index in [1.807, 2.05) is 13.0 Å². The third kappa shape index (κ3) is 4.34. The number of nitrogens with zero attached hydrogens (tertiary/aromatic N) is 1. The maximum absolute atomic E-state index is 12.5. The molecule has 1 amide bonds. The molecule has 1 aliphatic rings. The van der Waals surface area contributed by atoms with Crippen LogP contribution in [0.4, 0.5) is 5.69 Å². The van der Waals surface area contributed by atoms with E-state index < -0.39 is 17.7 Å². The van der Waals surface area contributed by atoms with Crippen molar-refractivity contribution >= 4 is 40.1 Å². The molecule has 0 spiro atoms. The summed E-state index contributed by atoms with van der Waals surface area (Å²) >= 11 is 6.31. The molecule has 4 rings (SSSR count). The Hall–Kier alpha value is -3.32. The molecular weight excluding hydrogens is 434 g/mol. The Balaban J connectivity index is 1.46. The molecule has 0 saturated carbocycles. The zero-order valence-corrected chi connectivity index (χ0v) is 18.5. The minimum atomic E-state index is -0.631. The number of amides is 1. The van der Waals surface area contributed by atoms with E-state index in [0.717, 1.165) is 5.56 Å². The summed E-state index contributed by atoms with van der Waals surface area (Å²) in [5.41, 5.74) is 1.86. The maximum Gasteiger partial charge on any atom is 0.336 e. The van der Waals surface area contributed by atoms with Crippen LogP contribution in [0.5, 0.6) is 5.75 Å². The van der Waals surface area contributed by atoms with Gasteiger partial charge in [-0.25, -0.2) is 4.79 Å². The third-order valence-electron chi connectivity index (χ3n) is 5.38. The first kappa shape index (κ1) is 21.9. The second-order valence-corrected chi connectivity index (χ2v) is 7.92. The van der Waals surface area contributed by atoms with Gasteiger partial charge in [-0.2, -0.15) is 0 Å². The highest BCUT2D eigenvalue weighted by atomic mass is 35.5. The number of rotatable bonds is 6. The van der Waals surface area contributed by atoms with Crippen LogP contribution in [0.3, 0.4) is 0 Å². The molecule has 8 heteroatoms. The number of para-hydroxylation sites is 2. The monoisotopic (exact) mass is 455 g/mol. The van der Waals surface area contributed by atoms with E-state index in [2.05, 4.69) is 0 Å². The number of carbonyl (C=O) groups is 2. The molecule has 3 aromatic rings. The van der Waals surface area contributed by atoms with Gasteiger partial charge in [0.05, 0.1) is 12.1 Å². The van der Waals surface area contributed by atoms with Crippen molar-refractivity contribution in [3.63, 3.8) is 0 Å². The van der Waals surface area contributed by atoms with Gasteiger partial charge >= 0.3 is 11.6 Å². The molecule has 2 heterocycles. The molecule has 0 N–H and O–H groups in total. The normalized spacial score (nSPS) is 15.4. The average molecular weight is 456 g/mol. The van der Waals surface area contributed by atoms with E-state index in [1.54, 1.807) is 37.3 Å². The number of benzene rings is 2. The Kier molecular flexibility index (Phi) is 6.19. The Labute approximate surface area is 189 Å². The minimum Gasteiger partial charge on any atom is -0.479 e. The molecule has 166 valence electrons. The number of hydrogen-bond donors (Lipinski definition) is 0. The smallest absolute Gasteiger partial charge is 0.336 e. The van der Waals surface area contributed by atoms with Crippen molar-refractivity contribution in [1.82, 2.24) is 0 Å². The van der Waals surface area contributed by atoms with E-state index in [4.69, 9.17) is 25.5 Å². The van der Waals surface area contributed by atoms with Gasteiger partial charge in [-0.15, -0.1) is 0 Å². The van der Waals surface area contributed by atoms with Crippen molar-refractivity contribution in [2.24, 2.45) is 0 Å². The lowest BCUT2D eigenvalue weighted by atomic mass is 10.1. The lowest BCUT2D eigenvalue weighted by Crippen LogP contribution is -2.45. The number of carbonyl (C=O) groups excluding carboxylic acids is 2. The largest absolute Gasteiger partial charge is 0.479 e. The molecule has 0 radical (unpaired) electrons. The molecule has 0 fully saturated rings. The summed E-state index contributed by atoms with van der Waals surface area (Å²) < 4.78 is 16.3. The Morgan fingerprint density at radius 2 is 1.94 bits per heavy atom. The minimum absolute atomic E-state index is 0.00704. The second-order valence-electron chi connectivity index (χ2n) is 7.51. The van der Waals surface area contributed by atoms with Crippen LogP contribution in [0.2, 0.25) is 5.02 Å². The van der Waals surface area contributed by atoms with Crippen molar-refractivity contribution in [3.8, 4) is 5.75 Å². The molecular formula is C24H22ClNO6. The number of hydrogen-bond acceptors (Lipinski definition) is 6. The fraction of sp³-hybridized carbons (Fsp3) is 0.292. The Morgan fingerprint density at radius 3 is 2.72 bits per heavy atom. The number of esters is 1. The third-order valence-corrected chi connectivity index (χ3v) is 5.73. The molecule has 2 aromatic carbocycles. The van der Waals surface area contributed by atoms with Crippen LogP contribution in [0.15, 0.2) is 51.7 Å². The molecule has 1 atom stereocenters. The lowest BCUT2D eigenvalue weighted by molar-refractivity contribution is -0.144. The van der Waals surface area contributed by atoms with Gasteiger partial charge < -0.3 is 18.8 Å². The molecule has 1 unspecified atom stereocenters. The number of aryl methyl sites for hydroxylation is 1. The highest BCUT2D eigenvalue weighted by Crippen LogP contribution is 2.33. The number of ether oxygens (including phenoxy) is 2. The summed E-state index contributed by atoms with van der Waals surface area (Å²) in [5.74, 6) is -0.115. The highest BCUT2D eigenvalue weighted by molar-refractivity contribution is 6.32. The molecule has 0 aliphatic carbocycles. The van der Waals surface area contributed by atoms with E-state index in [1.165, 1.54) is 11.0 Å². The maximum atomic E-state index is 12.5. The first-order valence-corrected chi connectivity index (χ1v) is 10.7. The lowest BCUT2D eigenvalue weighted by Gasteiger charge is -2.32. The van der Waals surface area contributed by atoms with Crippen molar-refractivity contribution in [3.05, 3.63) is 69.0 Å². The van der Waals surface area contributed by atoms with Crippen LogP contribution in [-0.2, 0) is 27.4 Å². The topological polar surface area (TPSA) is 86.0 Å². The van der Waals surface area contributed by atoms with Crippen LogP contribution in [0.25, 0.3) is 11.0 Å². The molecule has 0 bridgehead atoms. The first-order chi connectivity index (χ1) is 15.4. The van der Waals surface area contributed by atoms with E-state index in [-0.39, 0.29) is 25.5 Å². The standard InChI is InChI=1S/C24H22ClNO6/c1-3-15-10-21-17(12-18(15)25)16(11-23(28)32-21)13-30-22(27)8-9-26-19-6-4-5-7-20(19)31-14(2)24(26)29/h4-7,10-12,14H,3,8-9,13H2,1-2H3. The summed E-state index contributed by atoms with van der Waals surface area (Å²) in [5, 5.41) is 1.17. The summed E-state index contributed by atoms with van der Waals surface area (Å²) in [7, 11) is 0. The predicted octanol–water partition coefficient (Wildman–Crippen LogP) is 4.26. The molecule has 32 heavy (non-hydrogen) atoms. The molecule has 1 aromatic heterocycles. The zero-order chi connectivity index (χ0) is 22.8.